The Hall–Kier alpha value is -1.42. The molecule has 0 atom stereocenters. The zero-order chi connectivity index (χ0) is 13.8. The summed E-state index contributed by atoms with van der Waals surface area (Å²) < 4.78 is 0. The number of hydrogen-bond donors (Lipinski definition) is 1. The van der Waals surface area contributed by atoms with E-state index in [0.717, 1.165) is 5.69 Å². The maximum atomic E-state index is 12.4. The number of carbonyl (C=O) groups excluding carboxylic acids is 1. The summed E-state index contributed by atoms with van der Waals surface area (Å²) in [4.78, 5) is 18.3. The van der Waals surface area contributed by atoms with Crippen molar-refractivity contribution in [3.63, 3.8) is 0 Å². The van der Waals surface area contributed by atoms with Crippen LogP contribution in [0, 0.1) is 12.3 Å². The largest absolute Gasteiger partial charge is 0.338 e. The van der Waals surface area contributed by atoms with Crippen LogP contribution in [0.1, 0.15) is 36.8 Å². The number of hydrogen-bond acceptors (Lipinski definition) is 3. The van der Waals surface area contributed by atoms with Crippen LogP contribution < -0.4 is 5.73 Å². The predicted molar refractivity (Wildman–Crippen MR) is 73.4 cm³/mol. The molecule has 0 aromatic carbocycles. The highest BCUT2D eigenvalue weighted by Gasteiger charge is 2.23. The van der Waals surface area contributed by atoms with Crippen LogP contribution in [0.2, 0.25) is 0 Å². The number of carbonyl (C=O) groups is 1. The van der Waals surface area contributed by atoms with Gasteiger partial charge in [-0.3, -0.25) is 9.78 Å². The molecule has 100 valence electrons. The van der Waals surface area contributed by atoms with Crippen molar-refractivity contribution < 1.29 is 4.79 Å². The van der Waals surface area contributed by atoms with E-state index in [0.29, 0.717) is 25.2 Å². The maximum absolute atomic E-state index is 12.4. The first-order valence-electron chi connectivity index (χ1n) is 6.31. The van der Waals surface area contributed by atoms with E-state index in [4.69, 9.17) is 5.73 Å². The maximum Gasteiger partial charge on any atom is 0.253 e. The lowest BCUT2D eigenvalue weighted by molar-refractivity contribution is 0.0700. The summed E-state index contributed by atoms with van der Waals surface area (Å²) in [7, 11) is 0. The van der Waals surface area contributed by atoms with Crippen molar-refractivity contribution in [3.8, 4) is 0 Å². The third kappa shape index (κ3) is 3.81. The van der Waals surface area contributed by atoms with Crippen molar-refractivity contribution in [2.45, 2.75) is 27.7 Å². The Bertz CT molecular complexity index is 415. The quantitative estimate of drug-likeness (QED) is 0.866. The lowest BCUT2D eigenvalue weighted by Crippen LogP contribution is -2.42. The SMILES string of the molecule is CCN(CC(C)(C)CN)C(=O)c1ccnc(C)c1. The molecule has 18 heavy (non-hydrogen) atoms. The first kappa shape index (κ1) is 14.6. The Kier molecular flexibility index (Phi) is 4.84. The van der Waals surface area contributed by atoms with Gasteiger partial charge < -0.3 is 10.6 Å². The molecular formula is C14H23N3O. The zero-order valence-corrected chi connectivity index (χ0v) is 11.7. The van der Waals surface area contributed by atoms with Gasteiger partial charge in [0.15, 0.2) is 0 Å². The molecule has 2 N–H and O–H groups in total. The lowest BCUT2D eigenvalue weighted by Gasteiger charge is -2.31. The first-order valence-corrected chi connectivity index (χ1v) is 6.31. The molecular weight excluding hydrogens is 226 g/mol. The zero-order valence-electron chi connectivity index (χ0n) is 11.7. The minimum atomic E-state index is -0.0618. The summed E-state index contributed by atoms with van der Waals surface area (Å²) in [5.74, 6) is 0.0459. The summed E-state index contributed by atoms with van der Waals surface area (Å²) in [6.45, 7) is 9.92. The van der Waals surface area contributed by atoms with Gasteiger partial charge in [-0.1, -0.05) is 13.8 Å². The van der Waals surface area contributed by atoms with E-state index in [-0.39, 0.29) is 11.3 Å². The molecule has 1 amide bonds. The number of nitrogens with two attached hydrogens (primary N) is 1. The van der Waals surface area contributed by atoms with E-state index < -0.39 is 0 Å². The summed E-state index contributed by atoms with van der Waals surface area (Å²) in [5.41, 5.74) is 7.21. The van der Waals surface area contributed by atoms with Crippen LogP contribution in [0.15, 0.2) is 18.3 Å². The van der Waals surface area contributed by atoms with Gasteiger partial charge in [-0.15, -0.1) is 0 Å². The van der Waals surface area contributed by atoms with Gasteiger partial charge in [-0.2, -0.15) is 0 Å². The van der Waals surface area contributed by atoms with Gasteiger partial charge in [0.25, 0.3) is 5.91 Å². The summed E-state index contributed by atoms with van der Waals surface area (Å²) in [5, 5.41) is 0. The molecule has 1 aromatic rings. The van der Waals surface area contributed by atoms with E-state index in [1.54, 1.807) is 12.3 Å². The van der Waals surface area contributed by atoms with Gasteiger partial charge in [0, 0.05) is 30.5 Å². The average Bonchev–Trinajstić information content (AvgIpc) is 2.35. The predicted octanol–water partition coefficient (Wildman–Crippen LogP) is 1.84. The van der Waals surface area contributed by atoms with Gasteiger partial charge in [0.1, 0.15) is 0 Å². The number of pyridine rings is 1. The monoisotopic (exact) mass is 249 g/mol. The molecule has 0 radical (unpaired) electrons. The van der Waals surface area contributed by atoms with E-state index >= 15 is 0 Å². The van der Waals surface area contributed by atoms with Crippen molar-refractivity contribution >= 4 is 5.91 Å². The Morgan fingerprint density at radius 2 is 2.17 bits per heavy atom. The van der Waals surface area contributed by atoms with Crippen molar-refractivity contribution in [2.24, 2.45) is 11.1 Å². The summed E-state index contributed by atoms with van der Waals surface area (Å²) >= 11 is 0. The highest BCUT2D eigenvalue weighted by Crippen LogP contribution is 2.16. The fourth-order valence-corrected chi connectivity index (χ4v) is 1.77. The fourth-order valence-electron chi connectivity index (χ4n) is 1.77. The molecule has 0 saturated carbocycles. The van der Waals surface area contributed by atoms with Crippen LogP contribution in [0.4, 0.5) is 0 Å². The minimum absolute atomic E-state index is 0.0459. The van der Waals surface area contributed by atoms with Crippen LogP contribution in [0.25, 0.3) is 0 Å². The molecule has 0 aliphatic carbocycles. The standard InChI is InChI=1S/C14H23N3O/c1-5-17(10-14(3,4)9-15)13(18)12-6-7-16-11(2)8-12/h6-8H,5,9-10,15H2,1-4H3. The summed E-state index contributed by atoms with van der Waals surface area (Å²) in [6, 6.07) is 3.58. The third-order valence-corrected chi connectivity index (χ3v) is 2.98. The van der Waals surface area contributed by atoms with Crippen LogP contribution in [-0.4, -0.2) is 35.4 Å². The molecule has 0 fully saturated rings. The molecule has 4 nitrogen and oxygen atoms in total. The molecule has 0 saturated heterocycles. The Labute approximate surface area is 109 Å². The Morgan fingerprint density at radius 1 is 1.50 bits per heavy atom. The molecule has 0 spiro atoms. The van der Waals surface area contributed by atoms with Crippen LogP contribution >= 0.6 is 0 Å². The van der Waals surface area contributed by atoms with Crippen LogP contribution in [0.3, 0.4) is 0 Å². The molecule has 0 bridgehead atoms. The van der Waals surface area contributed by atoms with Gasteiger partial charge in [0.05, 0.1) is 0 Å². The van der Waals surface area contributed by atoms with Crippen molar-refractivity contribution in [2.75, 3.05) is 19.6 Å². The molecule has 1 rings (SSSR count). The number of aromatic nitrogens is 1. The first-order chi connectivity index (χ1) is 8.39. The van der Waals surface area contributed by atoms with E-state index in [9.17, 15) is 4.79 Å². The molecule has 1 heterocycles. The Balaban J connectivity index is 2.86. The van der Waals surface area contributed by atoms with E-state index in [2.05, 4.69) is 18.8 Å². The number of aryl methyl sites for hydroxylation is 1. The average molecular weight is 249 g/mol. The third-order valence-electron chi connectivity index (χ3n) is 2.98. The number of amides is 1. The second-order valence-electron chi connectivity index (χ2n) is 5.37. The van der Waals surface area contributed by atoms with Gasteiger partial charge in [0.2, 0.25) is 0 Å². The molecule has 0 unspecified atom stereocenters. The van der Waals surface area contributed by atoms with Crippen molar-refractivity contribution in [1.82, 2.24) is 9.88 Å². The molecule has 1 aromatic heterocycles. The molecule has 0 aliphatic heterocycles. The van der Waals surface area contributed by atoms with E-state index in [1.807, 2.05) is 24.8 Å². The van der Waals surface area contributed by atoms with Crippen LogP contribution in [-0.2, 0) is 0 Å². The fraction of sp³-hybridized carbons (Fsp3) is 0.571. The minimum Gasteiger partial charge on any atom is -0.338 e. The summed E-state index contributed by atoms with van der Waals surface area (Å²) in [6.07, 6.45) is 1.67. The van der Waals surface area contributed by atoms with Gasteiger partial charge in [-0.25, -0.2) is 0 Å². The van der Waals surface area contributed by atoms with Crippen molar-refractivity contribution in [1.29, 1.82) is 0 Å². The second kappa shape index (κ2) is 5.96. The second-order valence-corrected chi connectivity index (χ2v) is 5.37. The van der Waals surface area contributed by atoms with Gasteiger partial charge in [-0.05, 0) is 37.9 Å². The smallest absolute Gasteiger partial charge is 0.253 e. The van der Waals surface area contributed by atoms with Crippen molar-refractivity contribution in [3.05, 3.63) is 29.6 Å². The molecule has 0 aliphatic rings. The van der Waals surface area contributed by atoms with Crippen LogP contribution in [0.5, 0.6) is 0 Å². The number of nitrogens with zero attached hydrogens (tertiary/aromatic N) is 2. The Morgan fingerprint density at radius 3 is 2.67 bits per heavy atom. The lowest BCUT2D eigenvalue weighted by atomic mass is 9.93. The molecule has 4 heteroatoms. The highest BCUT2D eigenvalue weighted by molar-refractivity contribution is 5.94. The number of rotatable bonds is 5. The normalized spacial score (nSPS) is 11.4. The van der Waals surface area contributed by atoms with Gasteiger partial charge >= 0.3 is 0 Å². The van der Waals surface area contributed by atoms with E-state index in [1.165, 1.54) is 0 Å². The highest BCUT2D eigenvalue weighted by atomic mass is 16.2. The topological polar surface area (TPSA) is 59.2 Å².